The third kappa shape index (κ3) is 4.54. The number of methoxy groups -OCH3 is 3. The minimum atomic E-state index is -3.36. The van der Waals surface area contributed by atoms with E-state index in [-0.39, 0.29) is 11.8 Å². The van der Waals surface area contributed by atoms with Crippen LogP contribution in [0, 0.1) is 0 Å². The zero-order valence-electron chi connectivity index (χ0n) is 19.6. The molecule has 2 aromatic heterocycles. The first-order chi connectivity index (χ1) is 16.9. The molecule has 0 bridgehead atoms. The SMILES string of the molecule is COc1ccc(CNc2nc3c(OC)cccc3c3nc(CNS(=O)(=O)C4CC4)nn23)c(OC)c1. The number of fused-ring (bicyclic) bond motifs is 3. The zero-order valence-corrected chi connectivity index (χ0v) is 20.4. The predicted molar refractivity (Wildman–Crippen MR) is 130 cm³/mol. The van der Waals surface area contributed by atoms with Crippen LogP contribution in [0.25, 0.3) is 16.6 Å². The summed E-state index contributed by atoms with van der Waals surface area (Å²) >= 11 is 0. The minimum Gasteiger partial charge on any atom is -0.497 e. The molecule has 0 amide bonds. The first-order valence-corrected chi connectivity index (χ1v) is 12.6. The normalized spacial score (nSPS) is 13.8. The highest BCUT2D eigenvalue weighted by Gasteiger charge is 2.35. The second-order valence-corrected chi connectivity index (χ2v) is 10.2. The van der Waals surface area contributed by atoms with Gasteiger partial charge in [0.1, 0.15) is 22.8 Å². The van der Waals surface area contributed by atoms with Crippen molar-refractivity contribution in [2.75, 3.05) is 26.6 Å². The Morgan fingerprint density at radius 1 is 1.00 bits per heavy atom. The van der Waals surface area contributed by atoms with Crippen LogP contribution in [0.15, 0.2) is 36.4 Å². The van der Waals surface area contributed by atoms with Crippen LogP contribution in [-0.4, -0.2) is 54.6 Å². The van der Waals surface area contributed by atoms with Crippen LogP contribution in [0.1, 0.15) is 24.2 Å². The Balaban J connectivity index is 1.53. The number of hydrogen-bond donors (Lipinski definition) is 2. The summed E-state index contributed by atoms with van der Waals surface area (Å²) in [6.07, 6.45) is 1.37. The lowest BCUT2D eigenvalue weighted by Crippen LogP contribution is -2.27. The van der Waals surface area contributed by atoms with Gasteiger partial charge in [0.15, 0.2) is 11.5 Å². The van der Waals surface area contributed by atoms with Crippen molar-refractivity contribution in [1.29, 1.82) is 0 Å². The van der Waals surface area contributed by atoms with Crippen molar-refractivity contribution >= 4 is 32.5 Å². The molecule has 1 aliphatic carbocycles. The molecule has 1 saturated carbocycles. The highest BCUT2D eigenvalue weighted by atomic mass is 32.2. The van der Waals surface area contributed by atoms with Crippen molar-refractivity contribution in [2.24, 2.45) is 0 Å². The number of sulfonamides is 1. The predicted octanol–water partition coefficient (Wildman–Crippen LogP) is 2.50. The van der Waals surface area contributed by atoms with Crippen molar-refractivity contribution in [2.45, 2.75) is 31.2 Å². The molecule has 0 unspecified atom stereocenters. The molecule has 1 fully saturated rings. The van der Waals surface area contributed by atoms with E-state index in [2.05, 4.69) is 20.1 Å². The molecule has 2 heterocycles. The molecule has 0 atom stereocenters. The van der Waals surface area contributed by atoms with Gasteiger partial charge in [-0.05, 0) is 37.1 Å². The van der Waals surface area contributed by atoms with Gasteiger partial charge in [-0.15, -0.1) is 5.10 Å². The van der Waals surface area contributed by atoms with Gasteiger partial charge in [-0.25, -0.2) is 23.1 Å². The highest BCUT2D eigenvalue weighted by molar-refractivity contribution is 7.90. The monoisotopic (exact) mass is 498 g/mol. The van der Waals surface area contributed by atoms with E-state index in [0.717, 1.165) is 10.9 Å². The lowest BCUT2D eigenvalue weighted by atomic mass is 10.2. The Hall–Kier alpha value is -3.64. The number of ether oxygens (including phenoxy) is 3. The summed E-state index contributed by atoms with van der Waals surface area (Å²) in [6.45, 7) is 0.386. The van der Waals surface area contributed by atoms with Crippen LogP contribution in [0.3, 0.4) is 0 Å². The molecular formula is C23H26N6O5S. The highest BCUT2D eigenvalue weighted by Crippen LogP contribution is 2.30. The fraction of sp³-hybridized carbons (Fsp3) is 0.348. The van der Waals surface area contributed by atoms with Gasteiger partial charge in [-0.2, -0.15) is 4.52 Å². The number of nitrogens with zero attached hydrogens (tertiary/aromatic N) is 4. The number of nitrogens with one attached hydrogen (secondary N) is 2. The maximum absolute atomic E-state index is 12.3. The molecule has 184 valence electrons. The van der Waals surface area contributed by atoms with Gasteiger partial charge >= 0.3 is 0 Å². The summed E-state index contributed by atoms with van der Waals surface area (Å²) < 4.78 is 45.0. The molecule has 2 aromatic carbocycles. The van der Waals surface area contributed by atoms with E-state index in [1.165, 1.54) is 0 Å². The maximum atomic E-state index is 12.3. The molecule has 0 aliphatic heterocycles. The van der Waals surface area contributed by atoms with Gasteiger partial charge in [0, 0.05) is 23.6 Å². The summed E-state index contributed by atoms with van der Waals surface area (Å²) in [7, 11) is 1.42. The topological polar surface area (TPSA) is 129 Å². The van der Waals surface area contributed by atoms with Crippen molar-refractivity contribution in [3.63, 3.8) is 0 Å². The molecule has 5 rings (SSSR count). The molecular weight excluding hydrogens is 472 g/mol. The summed E-state index contributed by atoms with van der Waals surface area (Å²) in [5.41, 5.74) is 2.05. The van der Waals surface area contributed by atoms with Gasteiger partial charge in [-0.3, -0.25) is 0 Å². The molecule has 0 radical (unpaired) electrons. The van der Waals surface area contributed by atoms with Crippen LogP contribution in [0.5, 0.6) is 17.2 Å². The van der Waals surface area contributed by atoms with E-state index in [9.17, 15) is 8.42 Å². The van der Waals surface area contributed by atoms with Crippen LogP contribution >= 0.6 is 0 Å². The Morgan fingerprint density at radius 2 is 1.80 bits per heavy atom. The van der Waals surface area contributed by atoms with Gasteiger partial charge in [0.25, 0.3) is 0 Å². The van der Waals surface area contributed by atoms with E-state index in [4.69, 9.17) is 19.2 Å². The van der Waals surface area contributed by atoms with E-state index >= 15 is 0 Å². The Labute approximate surface area is 202 Å². The van der Waals surface area contributed by atoms with Crippen LogP contribution in [0.2, 0.25) is 0 Å². The molecule has 12 heteroatoms. The maximum Gasteiger partial charge on any atom is 0.226 e. The fourth-order valence-corrected chi connectivity index (χ4v) is 5.16. The van der Waals surface area contributed by atoms with E-state index in [0.29, 0.717) is 59.6 Å². The number of rotatable bonds is 10. The molecule has 0 saturated heterocycles. The van der Waals surface area contributed by atoms with Crippen molar-refractivity contribution in [1.82, 2.24) is 24.3 Å². The van der Waals surface area contributed by atoms with Crippen LogP contribution in [-0.2, 0) is 23.1 Å². The summed E-state index contributed by atoms with van der Waals surface area (Å²) in [5, 5.41) is 8.27. The summed E-state index contributed by atoms with van der Waals surface area (Å²) in [4.78, 5) is 9.38. The number of para-hydroxylation sites is 1. The Kier molecular flexibility index (Phi) is 6.07. The molecule has 1 aliphatic rings. The fourth-order valence-electron chi connectivity index (χ4n) is 3.84. The quantitative estimate of drug-likeness (QED) is 0.339. The van der Waals surface area contributed by atoms with E-state index in [1.807, 2.05) is 36.4 Å². The average Bonchev–Trinajstić information content (AvgIpc) is 3.65. The first-order valence-electron chi connectivity index (χ1n) is 11.1. The van der Waals surface area contributed by atoms with Crippen molar-refractivity contribution in [3.8, 4) is 17.2 Å². The second-order valence-electron chi connectivity index (χ2n) is 8.15. The van der Waals surface area contributed by atoms with E-state index < -0.39 is 10.0 Å². The lowest BCUT2D eigenvalue weighted by Gasteiger charge is -2.13. The lowest BCUT2D eigenvalue weighted by molar-refractivity contribution is 0.391. The van der Waals surface area contributed by atoms with Gasteiger partial charge in [-0.1, -0.05) is 6.07 Å². The molecule has 4 aromatic rings. The third-order valence-electron chi connectivity index (χ3n) is 5.86. The number of anilines is 1. The first kappa shape index (κ1) is 23.1. The van der Waals surface area contributed by atoms with Crippen LogP contribution in [0.4, 0.5) is 5.95 Å². The molecule has 11 nitrogen and oxygen atoms in total. The molecule has 0 spiro atoms. The van der Waals surface area contributed by atoms with Gasteiger partial charge < -0.3 is 19.5 Å². The zero-order chi connectivity index (χ0) is 24.6. The summed E-state index contributed by atoms with van der Waals surface area (Å²) in [6, 6.07) is 11.1. The van der Waals surface area contributed by atoms with Crippen molar-refractivity contribution in [3.05, 3.63) is 47.8 Å². The van der Waals surface area contributed by atoms with Gasteiger partial charge in [0.2, 0.25) is 16.0 Å². The second kappa shape index (κ2) is 9.19. The third-order valence-corrected chi connectivity index (χ3v) is 7.75. The average molecular weight is 499 g/mol. The molecule has 35 heavy (non-hydrogen) atoms. The molecule has 2 N–H and O–H groups in total. The van der Waals surface area contributed by atoms with Gasteiger partial charge in [0.05, 0.1) is 33.1 Å². The summed E-state index contributed by atoms with van der Waals surface area (Å²) in [5.74, 6) is 2.72. The Morgan fingerprint density at radius 3 is 2.51 bits per heavy atom. The Bertz CT molecular complexity index is 1500. The van der Waals surface area contributed by atoms with Crippen molar-refractivity contribution < 1.29 is 22.6 Å². The van der Waals surface area contributed by atoms with E-state index in [1.54, 1.807) is 25.8 Å². The number of hydrogen-bond acceptors (Lipinski definition) is 9. The number of aromatic nitrogens is 4. The standard InChI is InChI=1S/C23H26N6O5S/c1-32-15-8-7-14(19(11-15)34-3)12-24-23-27-21-17(5-4-6-18(21)33-2)22-26-20(28-29(22)23)13-25-35(30,31)16-9-10-16/h4-8,11,16,25H,9-10,12-13H2,1-3H3,(H,24,27). The van der Waals surface area contributed by atoms with Crippen LogP contribution < -0.4 is 24.2 Å². The number of benzene rings is 2. The smallest absolute Gasteiger partial charge is 0.226 e. The minimum absolute atomic E-state index is 0.00226. The largest absolute Gasteiger partial charge is 0.497 e.